The molecule has 2 rings (SSSR count). The number of anilines is 2. The molecule has 0 fully saturated rings. The minimum Gasteiger partial charge on any atom is -0.370 e. The molecule has 0 spiro atoms. The Morgan fingerprint density at radius 3 is 2.58 bits per heavy atom. The molecule has 1 heterocycles. The molecule has 100 valence electrons. The van der Waals surface area contributed by atoms with Crippen LogP contribution in [0.1, 0.15) is 18.1 Å². The Kier molecular flexibility index (Phi) is 4.74. The molecule has 5 heteroatoms. The first-order valence-electron chi connectivity index (χ1n) is 6.24. The van der Waals surface area contributed by atoms with E-state index in [-0.39, 0.29) is 0 Å². The van der Waals surface area contributed by atoms with Crippen molar-refractivity contribution in [3.63, 3.8) is 0 Å². The Morgan fingerprint density at radius 2 is 1.89 bits per heavy atom. The maximum absolute atomic E-state index is 4.28. The molecule has 4 nitrogen and oxygen atoms in total. The maximum atomic E-state index is 4.28. The highest BCUT2D eigenvalue weighted by atomic mass is 79.9. The summed E-state index contributed by atoms with van der Waals surface area (Å²) >= 11 is 3.47. The van der Waals surface area contributed by atoms with Crippen LogP contribution in [0.4, 0.5) is 11.6 Å². The van der Waals surface area contributed by atoms with E-state index in [0.29, 0.717) is 0 Å². The molecule has 0 atom stereocenters. The predicted molar refractivity (Wildman–Crippen MR) is 82.4 cm³/mol. The molecule has 19 heavy (non-hydrogen) atoms. The van der Waals surface area contributed by atoms with E-state index in [0.717, 1.165) is 34.8 Å². The molecule has 0 aliphatic rings. The van der Waals surface area contributed by atoms with Gasteiger partial charge < -0.3 is 10.6 Å². The van der Waals surface area contributed by atoms with Gasteiger partial charge in [0.05, 0.1) is 0 Å². The normalized spacial score (nSPS) is 10.3. The first-order valence-corrected chi connectivity index (χ1v) is 7.03. The summed E-state index contributed by atoms with van der Waals surface area (Å²) in [5, 5.41) is 6.57. The van der Waals surface area contributed by atoms with Crippen molar-refractivity contribution >= 4 is 27.6 Å². The average Bonchev–Trinajstić information content (AvgIpc) is 2.40. The van der Waals surface area contributed by atoms with Crippen molar-refractivity contribution in [2.45, 2.75) is 20.4 Å². The number of benzene rings is 1. The highest BCUT2D eigenvalue weighted by Gasteiger charge is 2.05. The number of nitrogens with one attached hydrogen (secondary N) is 2. The average molecular weight is 321 g/mol. The zero-order chi connectivity index (χ0) is 13.7. The first kappa shape index (κ1) is 13.8. The molecule has 2 N–H and O–H groups in total. The summed E-state index contributed by atoms with van der Waals surface area (Å²) in [4.78, 5) is 8.51. The van der Waals surface area contributed by atoms with E-state index >= 15 is 0 Å². The van der Waals surface area contributed by atoms with Crippen LogP contribution in [0.3, 0.4) is 0 Å². The van der Waals surface area contributed by atoms with Gasteiger partial charge in [-0.3, -0.25) is 0 Å². The summed E-state index contributed by atoms with van der Waals surface area (Å²) in [5.41, 5.74) is 2.25. The SMILES string of the molecule is CCNc1ncnc(NCc2cccc(Br)c2)c1C. The molecular formula is C14H17BrN4. The van der Waals surface area contributed by atoms with Crippen LogP contribution >= 0.6 is 15.9 Å². The third-order valence-electron chi connectivity index (χ3n) is 2.78. The van der Waals surface area contributed by atoms with Gasteiger partial charge in [-0.25, -0.2) is 9.97 Å². The second-order valence-corrected chi connectivity index (χ2v) is 5.13. The van der Waals surface area contributed by atoms with Crippen LogP contribution in [0.25, 0.3) is 0 Å². The Hall–Kier alpha value is -1.62. The molecule has 0 amide bonds. The van der Waals surface area contributed by atoms with Gasteiger partial charge in [0.25, 0.3) is 0 Å². The standard InChI is InChI=1S/C14H17BrN4/c1-3-16-13-10(2)14(19-9-18-13)17-8-11-5-4-6-12(15)7-11/h4-7,9H,3,8H2,1-2H3,(H2,16,17,18,19). The van der Waals surface area contributed by atoms with Crippen molar-refractivity contribution < 1.29 is 0 Å². The van der Waals surface area contributed by atoms with E-state index in [2.05, 4.69) is 55.6 Å². The molecule has 0 radical (unpaired) electrons. The fourth-order valence-electron chi connectivity index (χ4n) is 1.81. The maximum Gasteiger partial charge on any atom is 0.134 e. The van der Waals surface area contributed by atoms with Crippen LogP contribution < -0.4 is 10.6 Å². The van der Waals surface area contributed by atoms with Crippen molar-refractivity contribution in [3.05, 3.63) is 46.2 Å². The van der Waals surface area contributed by atoms with Gasteiger partial charge in [-0.1, -0.05) is 28.1 Å². The van der Waals surface area contributed by atoms with Gasteiger partial charge in [0.15, 0.2) is 0 Å². The van der Waals surface area contributed by atoms with Gasteiger partial charge in [0.1, 0.15) is 18.0 Å². The Morgan fingerprint density at radius 1 is 1.16 bits per heavy atom. The van der Waals surface area contributed by atoms with Crippen molar-refractivity contribution in [2.24, 2.45) is 0 Å². The van der Waals surface area contributed by atoms with E-state index in [1.54, 1.807) is 6.33 Å². The fourth-order valence-corrected chi connectivity index (χ4v) is 2.25. The summed E-state index contributed by atoms with van der Waals surface area (Å²) in [5.74, 6) is 1.75. The van der Waals surface area contributed by atoms with Gasteiger partial charge in [-0.15, -0.1) is 0 Å². The van der Waals surface area contributed by atoms with Crippen LogP contribution in [0.5, 0.6) is 0 Å². The molecular weight excluding hydrogens is 304 g/mol. The molecule has 0 unspecified atom stereocenters. The van der Waals surface area contributed by atoms with E-state index in [1.165, 1.54) is 5.56 Å². The minimum absolute atomic E-state index is 0.739. The first-order chi connectivity index (χ1) is 9.20. The lowest BCUT2D eigenvalue weighted by atomic mass is 10.2. The topological polar surface area (TPSA) is 49.8 Å². The lowest BCUT2D eigenvalue weighted by molar-refractivity contribution is 1.04. The van der Waals surface area contributed by atoms with Crippen LogP contribution in [0.15, 0.2) is 35.1 Å². The number of nitrogens with zero attached hydrogens (tertiary/aromatic N) is 2. The van der Waals surface area contributed by atoms with Gasteiger partial charge in [-0.2, -0.15) is 0 Å². The lowest BCUT2D eigenvalue weighted by Gasteiger charge is -2.12. The van der Waals surface area contributed by atoms with E-state index < -0.39 is 0 Å². The van der Waals surface area contributed by atoms with Crippen molar-refractivity contribution in [1.29, 1.82) is 0 Å². The summed E-state index contributed by atoms with van der Waals surface area (Å²) < 4.78 is 1.08. The summed E-state index contributed by atoms with van der Waals surface area (Å²) in [6.45, 7) is 5.66. The Labute approximate surface area is 121 Å². The number of aromatic nitrogens is 2. The van der Waals surface area contributed by atoms with Crippen LogP contribution in [-0.4, -0.2) is 16.5 Å². The molecule has 1 aromatic carbocycles. The van der Waals surface area contributed by atoms with Crippen LogP contribution in [0.2, 0.25) is 0 Å². The number of hydrogen-bond acceptors (Lipinski definition) is 4. The van der Waals surface area contributed by atoms with E-state index in [4.69, 9.17) is 0 Å². The number of halogens is 1. The largest absolute Gasteiger partial charge is 0.370 e. The molecule has 0 bridgehead atoms. The second-order valence-electron chi connectivity index (χ2n) is 4.21. The molecule has 0 saturated carbocycles. The van der Waals surface area contributed by atoms with E-state index in [9.17, 15) is 0 Å². The monoisotopic (exact) mass is 320 g/mol. The summed E-state index contributed by atoms with van der Waals surface area (Å²) in [7, 11) is 0. The van der Waals surface area contributed by atoms with Gasteiger partial charge in [0.2, 0.25) is 0 Å². The van der Waals surface area contributed by atoms with Gasteiger partial charge in [0, 0.05) is 23.1 Å². The quantitative estimate of drug-likeness (QED) is 0.883. The van der Waals surface area contributed by atoms with Gasteiger partial charge >= 0.3 is 0 Å². The highest BCUT2D eigenvalue weighted by molar-refractivity contribution is 9.10. The highest BCUT2D eigenvalue weighted by Crippen LogP contribution is 2.19. The number of rotatable bonds is 5. The zero-order valence-electron chi connectivity index (χ0n) is 11.1. The minimum atomic E-state index is 0.739. The third-order valence-corrected chi connectivity index (χ3v) is 3.27. The Bertz CT molecular complexity index is 557. The smallest absolute Gasteiger partial charge is 0.134 e. The Balaban J connectivity index is 2.09. The molecule has 2 aromatic rings. The summed E-state index contributed by atoms with van der Waals surface area (Å²) in [6.07, 6.45) is 1.58. The zero-order valence-corrected chi connectivity index (χ0v) is 12.7. The van der Waals surface area contributed by atoms with E-state index in [1.807, 2.05) is 19.1 Å². The van der Waals surface area contributed by atoms with Crippen LogP contribution in [0, 0.1) is 6.92 Å². The van der Waals surface area contributed by atoms with Crippen LogP contribution in [-0.2, 0) is 6.54 Å². The molecule has 1 aromatic heterocycles. The lowest BCUT2D eigenvalue weighted by Crippen LogP contribution is -2.08. The predicted octanol–water partition coefficient (Wildman–Crippen LogP) is 3.59. The van der Waals surface area contributed by atoms with Crippen molar-refractivity contribution in [1.82, 2.24) is 9.97 Å². The van der Waals surface area contributed by atoms with Crippen molar-refractivity contribution in [2.75, 3.05) is 17.2 Å². The number of hydrogen-bond donors (Lipinski definition) is 2. The molecule has 0 saturated heterocycles. The summed E-state index contributed by atoms with van der Waals surface area (Å²) in [6, 6.07) is 8.22. The van der Waals surface area contributed by atoms with Gasteiger partial charge in [-0.05, 0) is 31.5 Å². The fraction of sp³-hybridized carbons (Fsp3) is 0.286. The molecule has 0 aliphatic carbocycles. The molecule has 0 aliphatic heterocycles. The van der Waals surface area contributed by atoms with Crippen molar-refractivity contribution in [3.8, 4) is 0 Å². The third kappa shape index (κ3) is 3.67. The second kappa shape index (κ2) is 6.52.